The molecule has 4 heteroatoms. The van der Waals surface area contributed by atoms with Crippen molar-refractivity contribution < 1.29 is 9.59 Å². The highest BCUT2D eigenvalue weighted by molar-refractivity contribution is 8.13. The molecule has 2 aromatic carbocycles. The summed E-state index contributed by atoms with van der Waals surface area (Å²) in [7, 11) is 0. The Kier molecular flexibility index (Phi) is 5.48. The number of hydrogen-bond donors (Lipinski definition) is 0. The lowest BCUT2D eigenvalue weighted by atomic mass is 9.97. The lowest BCUT2D eigenvalue weighted by molar-refractivity contribution is -0.109. The molecule has 2 aromatic rings. The molecule has 0 heterocycles. The van der Waals surface area contributed by atoms with E-state index < -0.39 is 0 Å². The van der Waals surface area contributed by atoms with Crippen molar-refractivity contribution in [3.8, 4) is 11.1 Å². The third-order valence-electron chi connectivity index (χ3n) is 3.21. The summed E-state index contributed by atoms with van der Waals surface area (Å²) in [4.78, 5) is 24.3. The van der Waals surface area contributed by atoms with Gasteiger partial charge in [-0.3, -0.25) is 9.59 Å². The number of carbonyl (C=O) groups excluding carboxylic acids is 2. The Morgan fingerprint density at radius 1 is 0.727 bits per heavy atom. The minimum Gasteiger partial charge on any atom is -0.287 e. The summed E-state index contributed by atoms with van der Waals surface area (Å²) in [5.74, 6) is 0. The van der Waals surface area contributed by atoms with Crippen LogP contribution in [-0.2, 0) is 9.59 Å². The predicted octanol–water partition coefficient (Wildman–Crippen LogP) is 5.25. The van der Waals surface area contributed by atoms with E-state index in [1.807, 2.05) is 24.3 Å². The molecular weight excluding hydrogens is 312 g/mol. The fourth-order valence-corrected chi connectivity index (χ4v) is 3.74. The fourth-order valence-electron chi connectivity index (χ4n) is 2.34. The Morgan fingerprint density at radius 2 is 1.09 bits per heavy atom. The molecule has 0 spiro atoms. The average molecular weight is 330 g/mol. The molecule has 0 aliphatic rings. The van der Waals surface area contributed by atoms with E-state index in [1.54, 1.807) is 13.8 Å². The van der Waals surface area contributed by atoms with Crippen molar-refractivity contribution in [2.75, 3.05) is 0 Å². The van der Waals surface area contributed by atoms with Crippen molar-refractivity contribution >= 4 is 33.8 Å². The SMILES string of the molecule is CC(=O)Sc1ccc(-c2ccc(SC(C)=O)cc2C)c(C)c1. The quantitative estimate of drug-likeness (QED) is 0.720. The molecule has 2 nitrogen and oxygen atoms in total. The Hall–Kier alpha value is -1.52. The first-order chi connectivity index (χ1) is 10.4. The van der Waals surface area contributed by atoms with Crippen LogP contribution in [0, 0.1) is 13.8 Å². The van der Waals surface area contributed by atoms with Crippen LogP contribution in [0.3, 0.4) is 0 Å². The van der Waals surface area contributed by atoms with E-state index in [1.165, 1.54) is 23.5 Å². The minimum absolute atomic E-state index is 0.0916. The third-order valence-corrected chi connectivity index (χ3v) is 4.76. The van der Waals surface area contributed by atoms with Gasteiger partial charge in [0, 0.05) is 23.6 Å². The second-order valence-corrected chi connectivity index (χ2v) is 7.64. The lowest BCUT2D eigenvalue weighted by Gasteiger charge is -2.12. The Labute approximate surface area is 139 Å². The van der Waals surface area contributed by atoms with Crippen molar-refractivity contribution in [1.82, 2.24) is 0 Å². The number of carbonyl (C=O) groups is 2. The molecule has 2 rings (SSSR count). The number of thioether (sulfide) groups is 2. The first-order valence-corrected chi connectivity index (χ1v) is 8.58. The summed E-state index contributed by atoms with van der Waals surface area (Å²) in [5, 5.41) is 0.183. The second kappa shape index (κ2) is 7.16. The third kappa shape index (κ3) is 4.24. The molecule has 0 fully saturated rings. The number of hydrogen-bond acceptors (Lipinski definition) is 4. The molecule has 0 amide bonds. The van der Waals surface area contributed by atoms with Crippen LogP contribution in [0.5, 0.6) is 0 Å². The fraction of sp³-hybridized carbons (Fsp3) is 0.222. The zero-order valence-electron chi connectivity index (χ0n) is 13.1. The Balaban J connectivity index is 2.35. The maximum absolute atomic E-state index is 11.2. The van der Waals surface area contributed by atoms with Crippen LogP contribution in [-0.4, -0.2) is 10.2 Å². The van der Waals surface area contributed by atoms with E-state index in [0.29, 0.717) is 0 Å². The molecule has 0 aliphatic heterocycles. The van der Waals surface area contributed by atoms with Crippen LogP contribution >= 0.6 is 23.5 Å². The van der Waals surface area contributed by atoms with Crippen molar-refractivity contribution in [2.24, 2.45) is 0 Å². The molecule has 0 radical (unpaired) electrons. The van der Waals surface area contributed by atoms with Gasteiger partial charge in [0.2, 0.25) is 0 Å². The molecule has 0 aromatic heterocycles. The van der Waals surface area contributed by atoms with Gasteiger partial charge in [-0.25, -0.2) is 0 Å². The highest BCUT2D eigenvalue weighted by atomic mass is 32.2. The molecule has 0 saturated carbocycles. The van der Waals surface area contributed by atoms with Gasteiger partial charge in [-0.2, -0.15) is 0 Å². The summed E-state index contributed by atoms with van der Waals surface area (Å²) in [5.41, 5.74) is 4.59. The molecule has 0 aliphatic carbocycles. The molecule has 0 unspecified atom stereocenters. The smallest absolute Gasteiger partial charge is 0.190 e. The molecule has 114 valence electrons. The van der Waals surface area contributed by atoms with Crippen LogP contribution in [0.15, 0.2) is 46.2 Å². The van der Waals surface area contributed by atoms with E-state index in [0.717, 1.165) is 32.0 Å². The number of aryl methyl sites for hydroxylation is 2. The lowest BCUT2D eigenvalue weighted by Crippen LogP contribution is -1.90. The summed E-state index contributed by atoms with van der Waals surface area (Å²) in [6.07, 6.45) is 0. The van der Waals surface area contributed by atoms with Crippen molar-refractivity contribution in [1.29, 1.82) is 0 Å². The van der Waals surface area contributed by atoms with E-state index in [9.17, 15) is 9.59 Å². The first-order valence-electron chi connectivity index (χ1n) is 6.95. The highest BCUT2D eigenvalue weighted by Crippen LogP contribution is 2.32. The van der Waals surface area contributed by atoms with Crippen LogP contribution in [0.25, 0.3) is 11.1 Å². The Morgan fingerprint density at radius 3 is 1.36 bits per heavy atom. The van der Waals surface area contributed by atoms with Gasteiger partial charge >= 0.3 is 0 Å². The molecule has 22 heavy (non-hydrogen) atoms. The largest absolute Gasteiger partial charge is 0.287 e. The number of benzene rings is 2. The number of rotatable bonds is 3. The van der Waals surface area contributed by atoms with Crippen LogP contribution < -0.4 is 0 Å². The van der Waals surface area contributed by atoms with E-state index in [-0.39, 0.29) is 10.2 Å². The van der Waals surface area contributed by atoms with Gasteiger partial charge in [-0.1, -0.05) is 35.7 Å². The molecule has 0 atom stereocenters. The summed E-state index contributed by atoms with van der Waals surface area (Å²) in [6.45, 7) is 7.25. The van der Waals surface area contributed by atoms with Gasteiger partial charge in [-0.05, 0) is 60.4 Å². The average Bonchev–Trinajstić information content (AvgIpc) is 2.38. The standard InChI is InChI=1S/C18H18O2S2/c1-11-9-15(21-13(3)19)5-7-17(11)18-8-6-16(10-12(18)2)22-14(4)20/h5-10H,1-4H3. The van der Waals surface area contributed by atoms with Crippen molar-refractivity contribution in [3.63, 3.8) is 0 Å². The van der Waals surface area contributed by atoms with Gasteiger partial charge in [0.1, 0.15) is 0 Å². The zero-order chi connectivity index (χ0) is 16.3. The van der Waals surface area contributed by atoms with Crippen LogP contribution in [0.2, 0.25) is 0 Å². The van der Waals surface area contributed by atoms with Gasteiger partial charge in [-0.15, -0.1) is 0 Å². The summed E-state index contributed by atoms with van der Waals surface area (Å²) in [6, 6.07) is 12.2. The monoisotopic (exact) mass is 330 g/mol. The van der Waals surface area contributed by atoms with Gasteiger partial charge in [0.25, 0.3) is 0 Å². The van der Waals surface area contributed by atoms with Gasteiger partial charge < -0.3 is 0 Å². The minimum atomic E-state index is 0.0916. The maximum atomic E-state index is 11.2. The van der Waals surface area contributed by atoms with Crippen molar-refractivity contribution in [3.05, 3.63) is 47.5 Å². The van der Waals surface area contributed by atoms with E-state index >= 15 is 0 Å². The van der Waals surface area contributed by atoms with E-state index in [4.69, 9.17) is 0 Å². The van der Waals surface area contributed by atoms with Crippen LogP contribution in [0.1, 0.15) is 25.0 Å². The topological polar surface area (TPSA) is 34.1 Å². The zero-order valence-corrected chi connectivity index (χ0v) is 14.7. The Bertz CT molecular complexity index is 672. The molecule has 0 bridgehead atoms. The van der Waals surface area contributed by atoms with Crippen molar-refractivity contribution in [2.45, 2.75) is 37.5 Å². The first kappa shape index (κ1) is 16.8. The van der Waals surface area contributed by atoms with Crippen LogP contribution in [0.4, 0.5) is 0 Å². The summed E-state index contributed by atoms with van der Waals surface area (Å²) >= 11 is 2.50. The maximum Gasteiger partial charge on any atom is 0.190 e. The summed E-state index contributed by atoms with van der Waals surface area (Å²) < 4.78 is 0. The van der Waals surface area contributed by atoms with Gasteiger partial charge in [0.05, 0.1) is 0 Å². The molecule has 0 saturated heterocycles. The second-order valence-electron chi connectivity index (χ2n) is 5.14. The normalized spacial score (nSPS) is 10.5. The highest BCUT2D eigenvalue weighted by Gasteiger charge is 2.09. The van der Waals surface area contributed by atoms with E-state index in [2.05, 4.69) is 26.0 Å². The predicted molar refractivity (Wildman–Crippen MR) is 94.4 cm³/mol. The van der Waals surface area contributed by atoms with Gasteiger partial charge in [0.15, 0.2) is 10.2 Å². The molecule has 0 N–H and O–H groups in total. The molecular formula is C18H18O2S2.